The largest absolute Gasteiger partial charge is 0.357 e. The molecule has 0 bridgehead atoms. The number of carbonyl (C=O) groups is 2. The third kappa shape index (κ3) is 5.32. The second kappa shape index (κ2) is 11.1. The summed E-state index contributed by atoms with van der Waals surface area (Å²) in [5, 5.41) is 4.87. The maximum absolute atomic E-state index is 14.0. The molecule has 6 heteroatoms. The molecule has 0 fully saturated rings. The zero-order valence-corrected chi connectivity index (χ0v) is 22.4. The minimum Gasteiger partial charge on any atom is -0.357 e. The summed E-state index contributed by atoms with van der Waals surface area (Å²) >= 11 is 12.4. The average molecular weight is 533 g/mol. The number of para-hydroxylation sites is 2. The van der Waals surface area contributed by atoms with Crippen molar-refractivity contribution < 1.29 is 9.59 Å². The molecule has 2 aliphatic rings. The van der Waals surface area contributed by atoms with E-state index in [-0.39, 0.29) is 17.6 Å². The average Bonchev–Trinajstić information content (AvgIpc) is 3.04. The number of carbonyl (C=O) groups excluding carboxylic acids is 2. The highest BCUT2D eigenvalue weighted by Gasteiger charge is 2.41. The number of hydrogen-bond donors (Lipinski definition) is 1. The van der Waals surface area contributed by atoms with Crippen LogP contribution in [0, 0.1) is 0 Å². The van der Waals surface area contributed by atoms with Crippen molar-refractivity contribution in [3.63, 3.8) is 0 Å². The Morgan fingerprint density at radius 1 is 0.892 bits per heavy atom. The van der Waals surface area contributed by atoms with E-state index in [9.17, 15) is 9.59 Å². The Balaban J connectivity index is 1.65. The van der Waals surface area contributed by atoms with Crippen molar-refractivity contribution in [2.45, 2.75) is 57.4 Å². The zero-order chi connectivity index (χ0) is 25.9. The number of anilines is 2. The number of amides is 1. The van der Waals surface area contributed by atoms with E-state index in [0.717, 1.165) is 47.5 Å². The Labute approximate surface area is 228 Å². The van der Waals surface area contributed by atoms with Crippen LogP contribution >= 0.6 is 23.2 Å². The lowest BCUT2D eigenvalue weighted by molar-refractivity contribution is -0.119. The molecule has 1 aliphatic carbocycles. The first kappa shape index (κ1) is 25.6. The summed E-state index contributed by atoms with van der Waals surface area (Å²) in [6.07, 6.45) is 4.30. The van der Waals surface area contributed by atoms with Crippen molar-refractivity contribution in [3.8, 4) is 0 Å². The van der Waals surface area contributed by atoms with Crippen LogP contribution in [0.3, 0.4) is 0 Å². The number of nitrogens with zero attached hydrogens (tertiary/aromatic N) is 1. The number of allylic oxidation sites excluding steroid dienone is 1. The van der Waals surface area contributed by atoms with E-state index in [1.54, 1.807) is 0 Å². The summed E-state index contributed by atoms with van der Waals surface area (Å²) in [6.45, 7) is 2.13. The number of halogens is 2. The number of hydrogen-bond acceptors (Lipinski definition) is 3. The highest BCUT2D eigenvalue weighted by Crippen LogP contribution is 2.47. The molecule has 0 saturated carbocycles. The van der Waals surface area contributed by atoms with Crippen LogP contribution in [0.2, 0.25) is 10.0 Å². The molecule has 0 spiro atoms. The fraction of sp³-hybridized carbons (Fsp3) is 0.290. The van der Waals surface area contributed by atoms with E-state index in [2.05, 4.69) is 12.2 Å². The lowest BCUT2D eigenvalue weighted by Crippen LogP contribution is -2.38. The van der Waals surface area contributed by atoms with E-state index >= 15 is 0 Å². The molecule has 190 valence electrons. The molecule has 0 radical (unpaired) electrons. The quantitative estimate of drug-likeness (QED) is 0.323. The third-order valence-corrected chi connectivity index (χ3v) is 7.78. The minimum atomic E-state index is -0.531. The molecule has 3 aromatic rings. The second-order valence-corrected chi connectivity index (χ2v) is 10.7. The number of fused-ring (bicyclic) bond motifs is 1. The lowest BCUT2D eigenvalue weighted by atomic mass is 9.78. The van der Waals surface area contributed by atoms with Crippen LogP contribution in [0.15, 0.2) is 84.1 Å². The third-order valence-electron chi connectivity index (χ3n) is 7.28. The SMILES string of the molecule is CCCCCC(=O)N1c2ccccc2NC2=C(C(=O)CC(c3ccc(Cl)cc3)C2)C1c1ccc(Cl)cc1. The Bertz CT molecular complexity index is 1330. The van der Waals surface area contributed by atoms with Gasteiger partial charge in [-0.2, -0.15) is 0 Å². The molecule has 2 unspecified atom stereocenters. The van der Waals surface area contributed by atoms with Gasteiger partial charge in [0.25, 0.3) is 0 Å². The molecular weight excluding hydrogens is 503 g/mol. The Morgan fingerprint density at radius 2 is 1.54 bits per heavy atom. The Kier molecular flexibility index (Phi) is 7.68. The zero-order valence-electron chi connectivity index (χ0n) is 20.8. The highest BCUT2D eigenvalue weighted by molar-refractivity contribution is 6.30. The molecule has 37 heavy (non-hydrogen) atoms. The first-order valence-electron chi connectivity index (χ1n) is 12.9. The number of ketones is 1. The van der Waals surface area contributed by atoms with E-state index in [1.807, 2.05) is 77.7 Å². The van der Waals surface area contributed by atoms with E-state index in [1.165, 1.54) is 0 Å². The number of unbranched alkanes of at least 4 members (excludes halogenated alkanes) is 2. The van der Waals surface area contributed by atoms with Gasteiger partial charge in [0.2, 0.25) is 5.91 Å². The van der Waals surface area contributed by atoms with Crippen LogP contribution < -0.4 is 10.2 Å². The van der Waals surface area contributed by atoms with Gasteiger partial charge < -0.3 is 5.32 Å². The van der Waals surface area contributed by atoms with E-state index in [4.69, 9.17) is 23.2 Å². The monoisotopic (exact) mass is 532 g/mol. The first-order valence-corrected chi connectivity index (χ1v) is 13.7. The molecule has 3 aromatic carbocycles. The van der Waals surface area contributed by atoms with Gasteiger partial charge >= 0.3 is 0 Å². The smallest absolute Gasteiger partial charge is 0.227 e. The van der Waals surface area contributed by atoms with Crippen molar-refractivity contribution in [1.29, 1.82) is 0 Å². The number of rotatable bonds is 6. The van der Waals surface area contributed by atoms with Crippen LogP contribution in [0.5, 0.6) is 0 Å². The summed E-state index contributed by atoms with van der Waals surface area (Å²) in [5.74, 6) is 0.0951. The molecule has 4 nitrogen and oxygen atoms in total. The highest BCUT2D eigenvalue weighted by atomic mass is 35.5. The van der Waals surface area contributed by atoms with Crippen molar-refractivity contribution in [2.75, 3.05) is 10.2 Å². The Hall–Kier alpha value is -3.08. The van der Waals surface area contributed by atoms with Gasteiger partial charge in [0.1, 0.15) is 0 Å². The predicted octanol–water partition coefficient (Wildman–Crippen LogP) is 8.47. The molecule has 1 amide bonds. The molecular formula is C31H30Cl2N2O2. The number of benzene rings is 3. The normalized spacial score (nSPS) is 19.1. The van der Waals surface area contributed by atoms with E-state index < -0.39 is 6.04 Å². The van der Waals surface area contributed by atoms with E-state index in [0.29, 0.717) is 34.9 Å². The van der Waals surface area contributed by atoms with Crippen LogP contribution in [0.4, 0.5) is 11.4 Å². The number of nitrogens with one attached hydrogen (secondary N) is 1. The summed E-state index contributed by atoms with van der Waals surface area (Å²) in [5.41, 5.74) is 5.10. The summed E-state index contributed by atoms with van der Waals surface area (Å²) in [6, 6.07) is 22.5. The lowest BCUT2D eigenvalue weighted by Gasteiger charge is -2.35. The van der Waals surface area contributed by atoms with Gasteiger partial charge in [0, 0.05) is 34.2 Å². The molecule has 2 atom stereocenters. The maximum Gasteiger partial charge on any atom is 0.227 e. The standard InChI is InChI=1S/C31H30Cl2N2O2/c1-2-3-4-9-29(37)35-27-8-6-5-7-25(27)34-26-18-22(20-10-14-23(32)15-11-20)19-28(36)30(26)31(35)21-12-16-24(33)17-13-21/h5-8,10-17,22,31,34H,2-4,9,18-19H2,1H3. The van der Waals surface area contributed by atoms with Crippen molar-refractivity contribution in [2.24, 2.45) is 0 Å². The molecule has 1 heterocycles. The predicted molar refractivity (Wildman–Crippen MR) is 151 cm³/mol. The maximum atomic E-state index is 14.0. The summed E-state index contributed by atoms with van der Waals surface area (Å²) < 4.78 is 0. The molecule has 0 aromatic heterocycles. The minimum absolute atomic E-state index is 0.0176. The van der Waals surface area contributed by atoms with Gasteiger partial charge in [0.05, 0.1) is 17.4 Å². The van der Waals surface area contributed by atoms with Crippen LogP contribution in [-0.4, -0.2) is 11.7 Å². The van der Waals surface area contributed by atoms with Crippen LogP contribution in [0.25, 0.3) is 0 Å². The molecule has 1 N–H and O–H groups in total. The van der Waals surface area contributed by atoms with Gasteiger partial charge in [-0.3, -0.25) is 14.5 Å². The molecule has 5 rings (SSSR count). The Morgan fingerprint density at radius 3 is 2.22 bits per heavy atom. The van der Waals surface area contributed by atoms with Gasteiger partial charge in [-0.05, 0) is 66.3 Å². The van der Waals surface area contributed by atoms with Gasteiger partial charge in [-0.1, -0.05) is 79.4 Å². The molecule has 0 saturated heterocycles. The fourth-order valence-corrected chi connectivity index (χ4v) is 5.70. The fourth-order valence-electron chi connectivity index (χ4n) is 5.44. The van der Waals surface area contributed by atoms with Crippen LogP contribution in [0.1, 0.15) is 68.5 Å². The summed E-state index contributed by atoms with van der Waals surface area (Å²) in [7, 11) is 0. The molecule has 1 aliphatic heterocycles. The topological polar surface area (TPSA) is 49.4 Å². The van der Waals surface area contributed by atoms with Crippen molar-refractivity contribution in [1.82, 2.24) is 0 Å². The van der Waals surface area contributed by atoms with Crippen molar-refractivity contribution >= 4 is 46.3 Å². The summed E-state index contributed by atoms with van der Waals surface area (Å²) in [4.78, 5) is 29.7. The van der Waals surface area contributed by atoms with Crippen molar-refractivity contribution in [3.05, 3.63) is 105 Å². The van der Waals surface area contributed by atoms with Gasteiger partial charge in [-0.25, -0.2) is 0 Å². The first-order chi connectivity index (χ1) is 18.0. The second-order valence-electron chi connectivity index (χ2n) is 9.79. The van der Waals surface area contributed by atoms with Gasteiger partial charge in [0.15, 0.2) is 5.78 Å². The number of Topliss-reactive ketones (excluding diaryl/α,β-unsaturated/α-hetero) is 1. The van der Waals surface area contributed by atoms with Crippen LogP contribution in [-0.2, 0) is 9.59 Å². The van der Waals surface area contributed by atoms with Gasteiger partial charge in [-0.15, -0.1) is 0 Å².